The summed E-state index contributed by atoms with van der Waals surface area (Å²) in [6, 6.07) is 1.19. The molecular formula is C10H14N2O4. The van der Waals surface area contributed by atoms with Crippen molar-refractivity contribution in [2.24, 2.45) is 0 Å². The van der Waals surface area contributed by atoms with Gasteiger partial charge in [0.05, 0.1) is 12.1 Å². The maximum absolute atomic E-state index is 11.6. The molecule has 1 fully saturated rings. The quantitative estimate of drug-likeness (QED) is 0.754. The molecule has 1 saturated carbocycles. The fraction of sp³-hybridized carbons (Fsp3) is 0.600. The molecule has 88 valence electrons. The molecule has 0 spiro atoms. The van der Waals surface area contributed by atoms with Crippen LogP contribution in [0.3, 0.4) is 0 Å². The highest BCUT2D eigenvalue weighted by Gasteiger charge is 2.36. The second-order valence-corrected chi connectivity index (χ2v) is 3.81. The highest BCUT2D eigenvalue weighted by atomic mass is 16.5. The van der Waals surface area contributed by atoms with E-state index in [1.165, 1.54) is 12.3 Å². The van der Waals surface area contributed by atoms with Gasteiger partial charge in [0.2, 0.25) is 0 Å². The number of rotatable bonds is 3. The molecule has 16 heavy (non-hydrogen) atoms. The van der Waals surface area contributed by atoms with Crippen molar-refractivity contribution in [3.05, 3.63) is 18.0 Å². The molecule has 0 aliphatic heterocycles. The molecule has 0 radical (unpaired) electrons. The molecule has 2 N–H and O–H groups in total. The van der Waals surface area contributed by atoms with Crippen LogP contribution in [0.15, 0.2) is 16.9 Å². The number of methoxy groups -OCH3 is 1. The lowest BCUT2D eigenvalue weighted by Crippen LogP contribution is -2.43. The number of aliphatic hydroxyl groups is 1. The van der Waals surface area contributed by atoms with Crippen molar-refractivity contribution >= 4 is 5.91 Å². The molecule has 1 aliphatic rings. The van der Waals surface area contributed by atoms with Gasteiger partial charge < -0.3 is 19.7 Å². The number of hydrogen-bond acceptors (Lipinski definition) is 5. The predicted molar refractivity (Wildman–Crippen MR) is 53.8 cm³/mol. The lowest BCUT2D eigenvalue weighted by molar-refractivity contribution is 0.000165. The lowest BCUT2D eigenvalue weighted by Gasteiger charge is -2.19. The second kappa shape index (κ2) is 4.63. The summed E-state index contributed by atoms with van der Waals surface area (Å²) in [4.78, 5) is 11.6. The van der Waals surface area contributed by atoms with Gasteiger partial charge in [0.15, 0.2) is 5.69 Å². The van der Waals surface area contributed by atoms with Crippen molar-refractivity contribution in [2.75, 3.05) is 7.11 Å². The van der Waals surface area contributed by atoms with Crippen LogP contribution in [0.5, 0.6) is 0 Å². The first kappa shape index (κ1) is 11.1. The zero-order valence-electron chi connectivity index (χ0n) is 8.92. The number of ether oxygens (including phenoxy) is 1. The third kappa shape index (κ3) is 2.07. The zero-order chi connectivity index (χ0) is 11.5. The Labute approximate surface area is 92.6 Å². The van der Waals surface area contributed by atoms with E-state index in [1.807, 2.05) is 0 Å². The van der Waals surface area contributed by atoms with Gasteiger partial charge in [0.1, 0.15) is 12.4 Å². The normalized spacial score (nSPS) is 29.2. The van der Waals surface area contributed by atoms with E-state index in [-0.39, 0.29) is 23.7 Å². The van der Waals surface area contributed by atoms with Gasteiger partial charge in [-0.3, -0.25) is 4.79 Å². The summed E-state index contributed by atoms with van der Waals surface area (Å²) in [5.41, 5.74) is 0.216. The van der Waals surface area contributed by atoms with Gasteiger partial charge >= 0.3 is 0 Å². The first-order chi connectivity index (χ1) is 7.72. The molecule has 1 aromatic heterocycles. The fourth-order valence-electron chi connectivity index (χ4n) is 1.93. The standard InChI is InChI=1S/C10H14N2O4/c1-15-8-3-2-6(9(8)13)11-10(14)7-4-5-16-12-7/h4-6,8-9,13H,2-3H2,1H3,(H,11,14)/t6-,8-,9-/m1/s1. The van der Waals surface area contributed by atoms with Crippen LogP contribution in [0.2, 0.25) is 0 Å². The summed E-state index contributed by atoms with van der Waals surface area (Å²) in [5.74, 6) is -0.338. The minimum Gasteiger partial charge on any atom is -0.388 e. The summed E-state index contributed by atoms with van der Waals surface area (Å²) >= 11 is 0. The van der Waals surface area contributed by atoms with E-state index in [4.69, 9.17) is 4.74 Å². The van der Waals surface area contributed by atoms with E-state index in [0.29, 0.717) is 6.42 Å². The Morgan fingerprint density at radius 2 is 2.50 bits per heavy atom. The smallest absolute Gasteiger partial charge is 0.273 e. The number of aliphatic hydroxyl groups excluding tert-OH is 1. The first-order valence-electron chi connectivity index (χ1n) is 5.14. The van der Waals surface area contributed by atoms with Crippen molar-refractivity contribution in [3.63, 3.8) is 0 Å². The van der Waals surface area contributed by atoms with Crippen LogP contribution in [0.1, 0.15) is 23.3 Å². The van der Waals surface area contributed by atoms with Crippen molar-refractivity contribution in [2.45, 2.75) is 31.1 Å². The maximum atomic E-state index is 11.6. The molecular weight excluding hydrogens is 212 g/mol. The summed E-state index contributed by atoms with van der Waals surface area (Å²) in [7, 11) is 1.55. The van der Waals surface area contributed by atoms with Crippen LogP contribution in [0, 0.1) is 0 Å². The Bertz CT molecular complexity index is 352. The largest absolute Gasteiger partial charge is 0.388 e. The second-order valence-electron chi connectivity index (χ2n) is 3.81. The molecule has 6 nitrogen and oxygen atoms in total. The maximum Gasteiger partial charge on any atom is 0.273 e. The van der Waals surface area contributed by atoms with Crippen LogP contribution in [-0.4, -0.2) is 41.5 Å². The number of nitrogens with one attached hydrogen (secondary N) is 1. The van der Waals surface area contributed by atoms with Gasteiger partial charge in [-0.05, 0) is 12.8 Å². The summed E-state index contributed by atoms with van der Waals surface area (Å²) in [6.07, 6.45) is 1.89. The SMILES string of the molecule is CO[C@@H]1CC[C@@H](NC(=O)c2ccon2)[C@H]1O. The van der Waals surface area contributed by atoms with Crippen LogP contribution in [0.4, 0.5) is 0 Å². The zero-order valence-corrected chi connectivity index (χ0v) is 8.92. The highest BCUT2D eigenvalue weighted by Crippen LogP contribution is 2.22. The van der Waals surface area contributed by atoms with E-state index in [9.17, 15) is 9.90 Å². The minimum absolute atomic E-state index is 0.206. The minimum atomic E-state index is -0.666. The molecule has 3 atom stereocenters. The Hall–Kier alpha value is -1.40. The van der Waals surface area contributed by atoms with E-state index in [2.05, 4.69) is 15.0 Å². The highest BCUT2D eigenvalue weighted by molar-refractivity contribution is 5.92. The predicted octanol–water partition coefficient (Wildman–Crippen LogP) is -0.0573. The molecule has 0 unspecified atom stereocenters. The Balaban J connectivity index is 1.94. The van der Waals surface area contributed by atoms with Crippen LogP contribution in [0.25, 0.3) is 0 Å². The number of hydrogen-bond donors (Lipinski definition) is 2. The van der Waals surface area contributed by atoms with Crippen molar-refractivity contribution < 1.29 is 19.2 Å². The van der Waals surface area contributed by atoms with E-state index < -0.39 is 6.10 Å². The molecule has 6 heteroatoms. The topological polar surface area (TPSA) is 84.6 Å². The van der Waals surface area contributed by atoms with Crippen molar-refractivity contribution in [1.82, 2.24) is 10.5 Å². The Morgan fingerprint density at radius 3 is 3.06 bits per heavy atom. The Kier molecular flexibility index (Phi) is 3.21. The van der Waals surface area contributed by atoms with Crippen molar-refractivity contribution in [3.8, 4) is 0 Å². The van der Waals surface area contributed by atoms with E-state index >= 15 is 0 Å². The lowest BCUT2D eigenvalue weighted by atomic mass is 10.2. The Morgan fingerprint density at radius 1 is 1.69 bits per heavy atom. The molecule has 1 aromatic rings. The summed E-state index contributed by atoms with van der Waals surface area (Å²) in [6.45, 7) is 0. The molecule has 1 amide bonds. The van der Waals surface area contributed by atoms with Gasteiger partial charge in [-0.15, -0.1) is 0 Å². The van der Waals surface area contributed by atoms with Crippen LogP contribution < -0.4 is 5.32 Å². The van der Waals surface area contributed by atoms with Crippen LogP contribution >= 0.6 is 0 Å². The number of aromatic nitrogens is 1. The monoisotopic (exact) mass is 226 g/mol. The van der Waals surface area contributed by atoms with Gasteiger partial charge in [-0.2, -0.15) is 0 Å². The molecule has 1 heterocycles. The van der Waals surface area contributed by atoms with Crippen molar-refractivity contribution in [1.29, 1.82) is 0 Å². The number of carbonyl (C=O) groups excluding carboxylic acids is 1. The third-order valence-corrected chi connectivity index (χ3v) is 2.85. The van der Waals surface area contributed by atoms with Gasteiger partial charge in [0.25, 0.3) is 5.91 Å². The van der Waals surface area contributed by atoms with Gasteiger partial charge in [-0.1, -0.05) is 5.16 Å². The van der Waals surface area contributed by atoms with Crippen LogP contribution in [-0.2, 0) is 4.74 Å². The summed E-state index contributed by atoms with van der Waals surface area (Å²) in [5, 5.41) is 16.0. The number of amides is 1. The number of carbonyl (C=O) groups is 1. The van der Waals surface area contributed by atoms with E-state index in [1.54, 1.807) is 7.11 Å². The average molecular weight is 226 g/mol. The molecule has 0 saturated heterocycles. The molecule has 1 aliphatic carbocycles. The van der Waals surface area contributed by atoms with Gasteiger partial charge in [-0.25, -0.2) is 0 Å². The molecule has 0 aromatic carbocycles. The molecule has 2 rings (SSSR count). The summed E-state index contributed by atoms with van der Waals surface area (Å²) < 4.78 is 9.66. The third-order valence-electron chi connectivity index (χ3n) is 2.85. The first-order valence-corrected chi connectivity index (χ1v) is 5.14. The average Bonchev–Trinajstić information content (AvgIpc) is 2.89. The van der Waals surface area contributed by atoms with E-state index in [0.717, 1.165) is 6.42 Å². The van der Waals surface area contributed by atoms with Gasteiger partial charge in [0, 0.05) is 13.2 Å². The fourth-order valence-corrected chi connectivity index (χ4v) is 1.93. The number of nitrogens with zero attached hydrogens (tertiary/aromatic N) is 1. The molecule has 0 bridgehead atoms.